The largest absolute Gasteiger partial charge is 0.310 e. The van der Waals surface area contributed by atoms with Gasteiger partial charge in [-0.3, -0.25) is 0 Å². The molecule has 1 aliphatic rings. The second-order valence-electron chi connectivity index (χ2n) is 6.59. The Morgan fingerprint density at radius 3 is 2.79 bits per heavy atom. The zero-order valence-corrected chi connectivity index (χ0v) is 13.0. The molecule has 106 valence electrons. The van der Waals surface area contributed by atoms with Gasteiger partial charge < -0.3 is 5.32 Å². The number of rotatable bonds is 4. The van der Waals surface area contributed by atoms with Crippen LogP contribution in [0.4, 0.5) is 0 Å². The summed E-state index contributed by atoms with van der Waals surface area (Å²) in [5.74, 6) is 1.46. The van der Waals surface area contributed by atoms with Gasteiger partial charge in [0.1, 0.15) is 5.82 Å². The van der Waals surface area contributed by atoms with Gasteiger partial charge >= 0.3 is 0 Å². The molecule has 0 spiro atoms. The maximum Gasteiger partial charge on any atom is 0.131 e. The molecular weight excluding hydrogens is 234 g/mol. The summed E-state index contributed by atoms with van der Waals surface area (Å²) in [4.78, 5) is 9.45. The van der Waals surface area contributed by atoms with Crippen LogP contribution in [-0.2, 0) is 6.42 Å². The second-order valence-corrected chi connectivity index (χ2v) is 6.59. The Labute approximate surface area is 117 Å². The number of fused-ring (bicyclic) bond motifs is 1. The van der Waals surface area contributed by atoms with E-state index in [4.69, 9.17) is 4.98 Å². The highest BCUT2D eigenvalue weighted by atomic mass is 15.0. The van der Waals surface area contributed by atoms with E-state index in [9.17, 15) is 0 Å². The normalized spacial score (nSPS) is 22.9. The van der Waals surface area contributed by atoms with Crippen LogP contribution in [0.3, 0.4) is 0 Å². The highest BCUT2D eigenvalue weighted by Gasteiger charge is 2.33. The number of aromatic nitrogens is 2. The number of nitrogens with zero attached hydrogens (tertiary/aromatic N) is 2. The number of nitrogens with one attached hydrogen (secondary N) is 1. The maximum absolute atomic E-state index is 4.86. The topological polar surface area (TPSA) is 37.8 Å². The van der Waals surface area contributed by atoms with E-state index in [1.807, 2.05) is 0 Å². The average molecular weight is 261 g/mol. The maximum atomic E-state index is 4.86. The molecule has 2 rings (SSSR count). The van der Waals surface area contributed by atoms with E-state index in [0.29, 0.717) is 17.4 Å². The van der Waals surface area contributed by atoms with Gasteiger partial charge in [0.25, 0.3) is 0 Å². The molecule has 2 atom stereocenters. The van der Waals surface area contributed by atoms with Gasteiger partial charge in [-0.1, -0.05) is 34.6 Å². The van der Waals surface area contributed by atoms with E-state index < -0.39 is 0 Å². The highest BCUT2D eigenvalue weighted by Crippen LogP contribution is 2.39. The van der Waals surface area contributed by atoms with Gasteiger partial charge in [0.2, 0.25) is 0 Å². The predicted octanol–water partition coefficient (Wildman–Crippen LogP) is 3.61. The Morgan fingerprint density at radius 1 is 1.42 bits per heavy atom. The van der Waals surface area contributed by atoms with Crippen molar-refractivity contribution >= 4 is 0 Å². The smallest absolute Gasteiger partial charge is 0.131 e. The van der Waals surface area contributed by atoms with Crippen LogP contribution in [0.5, 0.6) is 0 Å². The van der Waals surface area contributed by atoms with Crippen LogP contribution < -0.4 is 5.32 Å². The van der Waals surface area contributed by atoms with Crippen molar-refractivity contribution in [3.63, 3.8) is 0 Å². The fourth-order valence-corrected chi connectivity index (χ4v) is 2.91. The number of hydrogen-bond acceptors (Lipinski definition) is 3. The number of hydrogen-bond donors (Lipinski definition) is 1. The summed E-state index contributed by atoms with van der Waals surface area (Å²) >= 11 is 0. The summed E-state index contributed by atoms with van der Waals surface area (Å²) in [6, 6.07) is 0.412. The molecule has 0 fully saturated rings. The molecular formula is C16H27N3. The quantitative estimate of drug-likeness (QED) is 0.899. The van der Waals surface area contributed by atoms with Crippen molar-refractivity contribution in [2.24, 2.45) is 5.41 Å². The third-order valence-corrected chi connectivity index (χ3v) is 4.20. The summed E-state index contributed by atoms with van der Waals surface area (Å²) in [6.45, 7) is 12.2. The summed E-state index contributed by atoms with van der Waals surface area (Å²) in [6.07, 6.45) is 5.39. The molecule has 1 aliphatic carbocycles. The van der Waals surface area contributed by atoms with Crippen molar-refractivity contribution in [1.29, 1.82) is 0 Å². The first-order valence-corrected chi connectivity index (χ1v) is 7.56. The highest BCUT2D eigenvalue weighted by molar-refractivity contribution is 5.27. The van der Waals surface area contributed by atoms with E-state index >= 15 is 0 Å². The van der Waals surface area contributed by atoms with Crippen molar-refractivity contribution in [3.8, 4) is 0 Å². The van der Waals surface area contributed by atoms with Crippen molar-refractivity contribution in [2.45, 2.75) is 65.8 Å². The summed E-state index contributed by atoms with van der Waals surface area (Å²) in [7, 11) is 0. The lowest BCUT2D eigenvalue weighted by atomic mass is 9.74. The van der Waals surface area contributed by atoms with E-state index in [0.717, 1.165) is 25.2 Å². The SMILES string of the molecule is CCNC1CC(C)(C)Cc2nc(C(C)CC)ncc21. The summed E-state index contributed by atoms with van der Waals surface area (Å²) < 4.78 is 0. The van der Waals surface area contributed by atoms with E-state index in [1.54, 1.807) is 0 Å². The molecule has 1 heterocycles. The molecule has 0 aliphatic heterocycles. The molecule has 3 nitrogen and oxygen atoms in total. The van der Waals surface area contributed by atoms with E-state index in [-0.39, 0.29) is 0 Å². The fraction of sp³-hybridized carbons (Fsp3) is 0.750. The molecule has 3 heteroatoms. The minimum Gasteiger partial charge on any atom is -0.310 e. The molecule has 19 heavy (non-hydrogen) atoms. The van der Waals surface area contributed by atoms with Crippen molar-refractivity contribution < 1.29 is 0 Å². The second kappa shape index (κ2) is 5.58. The molecule has 0 bridgehead atoms. The third kappa shape index (κ3) is 3.14. The molecule has 0 saturated heterocycles. The van der Waals surface area contributed by atoms with Crippen molar-refractivity contribution in [3.05, 3.63) is 23.3 Å². The predicted molar refractivity (Wildman–Crippen MR) is 79.3 cm³/mol. The average Bonchev–Trinajstić information content (AvgIpc) is 2.36. The lowest BCUT2D eigenvalue weighted by molar-refractivity contribution is 0.254. The summed E-state index contributed by atoms with van der Waals surface area (Å²) in [5.41, 5.74) is 2.89. The van der Waals surface area contributed by atoms with E-state index in [2.05, 4.69) is 51.1 Å². The minimum absolute atomic E-state index is 0.320. The summed E-state index contributed by atoms with van der Waals surface area (Å²) in [5, 5.41) is 3.58. The van der Waals surface area contributed by atoms with Crippen LogP contribution >= 0.6 is 0 Å². The first-order valence-electron chi connectivity index (χ1n) is 7.56. The fourth-order valence-electron chi connectivity index (χ4n) is 2.91. The van der Waals surface area contributed by atoms with Crippen LogP contribution in [0.25, 0.3) is 0 Å². The molecule has 0 saturated carbocycles. The minimum atomic E-state index is 0.320. The Balaban J connectivity index is 2.36. The van der Waals surface area contributed by atoms with E-state index in [1.165, 1.54) is 17.7 Å². The molecule has 1 aromatic heterocycles. The van der Waals surface area contributed by atoms with Gasteiger partial charge in [-0.15, -0.1) is 0 Å². The standard InChI is InChI=1S/C16H27N3/c1-6-11(3)15-18-10-12-13(17-7-2)8-16(4,5)9-14(12)19-15/h10-11,13,17H,6-9H2,1-5H3. The Hall–Kier alpha value is -0.960. The Kier molecular flexibility index (Phi) is 4.24. The van der Waals surface area contributed by atoms with Crippen molar-refractivity contribution in [2.75, 3.05) is 6.54 Å². The Morgan fingerprint density at radius 2 is 2.16 bits per heavy atom. The van der Waals surface area contributed by atoms with Gasteiger partial charge in [0.05, 0.1) is 0 Å². The lowest BCUT2D eigenvalue weighted by Gasteiger charge is -2.36. The van der Waals surface area contributed by atoms with Gasteiger partial charge in [0, 0.05) is 29.4 Å². The molecule has 0 radical (unpaired) electrons. The van der Waals surface area contributed by atoms with Crippen molar-refractivity contribution in [1.82, 2.24) is 15.3 Å². The van der Waals surface area contributed by atoms with Crippen LogP contribution in [0, 0.1) is 5.41 Å². The zero-order valence-electron chi connectivity index (χ0n) is 13.0. The molecule has 1 N–H and O–H groups in total. The van der Waals surface area contributed by atoms with Gasteiger partial charge in [0.15, 0.2) is 0 Å². The van der Waals surface area contributed by atoms with Crippen LogP contribution in [0.2, 0.25) is 0 Å². The lowest BCUT2D eigenvalue weighted by Crippen LogP contribution is -2.34. The molecule has 2 unspecified atom stereocenters. The zero-order chi connectivity index (χ0) is 14.0. The first kappa shape index (κ1) is 14.4. The van der Waals surface area contributed by atoms with Gasteiger partial charge in [-0.05, 0) is 31.2 Å². The van der Waals surface area contributed by atoms with Gasteiger partial charge in [-0.2, -0.15) is 0 Å². The van der Waals surface area contributed by atoms with Crippen LogP contribution in [0.15, 0.2) is 6.20 Å². The van der Waals surface area contributed by atoms with Gasteiger partial charge in [-0.25, -0.2) is 9.97 Å². The molecule has 1 aromatic rings. The molecule has 0 aromatic carbocycles. The first-order chi connectivity index (χ1) is 8.96. The third-order valence-electron chi connectivity index (χ3n) is 4.20. The van der Waals surface area contributed by atoms with Crippen LogP contribution in [0.1, 0.15) is 76.5 Å². The Bertz CT molecular complexity index is 440. The monoisotopic (exact) mass is 261 g/mol. The molecule has 0 amide bonds. The van der Waals surface area contributed by atoms with Crippen LogP contribution in [-0.4, -0.2) is 16.5 Å².